The van der Waals surface area contributed by atoms with E-state index in [1.165, 1.54) is 0 Å². The Balaban J connectivity index is 2.00. The van der Waals surface area contributed by atoms with Gasteiger partial charge in [0.05, 0.1) is 0 Å². The standard InChI is InChI=1S/C10H15BrN2O4S2/c11-9-8(7(17-12)6(5-14)15-9)16-10(18)13-1-3-19-4-2-13/h8-9,14H,1-5,12H2/t8?,9-/m1/s1. The van der Waals surface area contributed by atoms with Crippen LogP contribution in [0.5, 0.6) is 0 Å². The molecule has 2 rings (SSSR count). The second-order valence-corrected chi connectivity index (χ2v) is 6.41. The lowest BCUT2D eigenvalue weighted by molar-refractivity contribution is 0.0751. The van der Waals surface area contributed by atoms with Crippen LogP contribution < -0.4 is 5.90 Å². The summed E-state index contributed by atoms with van der Waals surface area (Å²) in [7, 11) is 0. The first kappa shape index (κ1) is 15.2. The molecular formula is C10H15BrN2O4S2. The first-order valence-electron chi connectivity index (χ1n) is 5.72. The summed E-state index contributed by atoms with van der Waals surface area (Å²) in [6.07, 6.45) is -0.589. The summed E-state index contributed by atoms with van der Waals surface area (Å²) in [5.41, 5.74) is 0. The van der Waals surface area contributed by atoms with Crippen molar-refractivity contribution in [2.75, 3.05) is 31.2 Å². The number of alkyl halides is 1. The highest BCUT2D eigenvalue weighted by Crippen LogP contribution is 2.31. The van der Waals surface area contributed by atoms with Crippen molar-refractivity contribution in [2.24, 2.45) is 5.90 Å². The molecular weight excluding hydrogens is 356 g/mol. The maximum Gasteiger partial charge on any atom is 0.260 e. The molecule has 0 radical (unpaired) electrons. The van der Waals surface area contributed by atoms with Gasteiger partial charge in [-0.1, -0.05) is 0 Å². The van der Waals surface area contributed by atoms with Crippen LogP contribution in [0, 0.1) is 0 Å². The van der Waals surface area contributed by atoms with Crippen molar-refractivity contribution in [3.05, 3.63) is 11.5 Å². The Hall–Kier alpha value is -0.220. The van der Waals surface area contributed by atoms with E-state index in [9.17, 15) is 0 Å². The highest BCUT2D eigenvalue weighted by molar-refractivity contribution is 9.09. The predicted octanol–water partition coefficient (Wildman–Crippen LogP) is 0.551. The van der Waals surface area contributed by atoms with Gasteiger partial charge < -0.3 is 24.3 Å². The van der Waals surface area contributed by atoms with Crippen molar-refractivity contribution in [3.8, 4) is 0 Å². The minimum Gasteiger partial charge on any atom is -0.473 e. The number of thioether (sulfide) groups is 1. The Kier molecular flexibility index (Phi) is 5.58. The molecule has 0 bridgehead atoms. The Morgan fingerprint density at radius 3 is 2.84 bits per heavy atom. The molecule has 2 aliphatic heterocycles. The van der Waals surface area contributed by atoms with Crippen molar-refractivity contribution in [2.45, 2.75) is 11.1 Å². The van der Waals surface area contributed by atoms with Crippen LogP contribution in [-0.4, -0.2) is 57.5 Å². The maximum absolute atomic E-state index is 9.15. The average molecular weight is 371 g/mol. The maximum atomic E-state index is 9.15. The number of aliphatic hydroxyl groups excluding tert-OH is 1. The molecule has 0 spiro atoms. The minimum atomic E-state index is -0.589. The summed E-state index contributed by atoms with van der Waals surface area (Å²) in [6, 6.07) is 0. The van der Waals surface area contributed by atoms with Gasteiger partial charge in [-0.05, 0) is 28.1 Å². The summed E-state index contributed by atoms with van der Waals surface area (Å²) in [4.78, 5) is 6.74. The fraction of sp³-hybridized carbons (Fsp3) is 0.700. The molecule has 1 fully saturated rings. The van der Waals surface area contributed by atoms with Gasteiger partial charge in [0.25, 0.3) is 5.17 Å². The fourth-order valence-electron chi connectivity index (χ4n) is 1.82. The molecule has 108 valence electrons. The van der Waals surface area contributed by atoms with E-state index in [1.54, 1.807) is 0 Å². The fourth-order valence-corrected chi connectivity index (χ4v) is 3.58. The molecule has 0 amide bonds. The van der Waals surface area contributed by atoms with E-state index in [4.69, 9.17) is 37.5 Å². The number of hydrogen-bond acceptors (Lipinski definition) is 7. The van der Waals surface area contributed by atoms with E-state index in [1.807, 2.05) is 16.7 Å². The molecule has 2 heterocycles. The number of aliphatic hydroxyl groups is 1. The summed E-state index contributed by atoms with van der Waals surface area (Å²) in [6.45, 7) is 1.42. The summed E-state index contributed by atoms with van der Waals surface area (Å²) < 4.78 is 11.0. The van der Waals surface area contributed by atoms with E-state index in [0.717, 1.165) is 24.6 Å². The van der Waals surface area contributed by atoms with E-state index >= 15 is 0 Å². The van der Waals surface area contributed by atoms with Gasteiger partial charge in [-0.25, -0.2) is 0 Å². The molecule has 2 atom stereocenters. The average Bonchev–Trinajstić information content (AvgIpc) is 2.75. The number of thiocarbonyl (C=S) groups is 1. The SMILES string of the molecule is NOC1=C(CO)O[C@@H](Br)C1OC(=S)N1CCSCC1. The Labute approximate surface area is 129 Å². The van der Waals surface area contributed by atoms with Crippen molar-refractivity contribution in [1.82, 2.24) is 4.90 Å². The molecule has 0 aromatic heterocycles. The van der Waals surface area contributed by atoms with E-state index < -0.39 is 11.1 Å². The van der Waals surface area contributed by atoms with Crippen LogP contribution in [0.1, 0.15) is 0 Å². The van der Waals surface area contributed by atoms with Crippen LogP contribution in [-0.2, 0) is 14.3 Å². The van der Waals surface area contributed by atoms with Gasteiger partial charge in [-0.3, -0.25) is 0 Å². The van der Waals surface area contributed by atoms with Crippen LogP contribution in [0.3, 0.4) is 0 Å². The van der Waals surface area contributed by atoms with E-state index in [-0.39, 0.29) is 18.1 Å². The molecule has 6 nitrogen and oxygen atoms in total. The second-order valence-electron chi connectivity index (χ2n) is 3.94. The summed E-state index contributed by atoms with van der Waals surface area (Å²) >= 11 is 10.5. The number of nitrogens with two attached hydrogens (primary N) is 1. The first-order chi connectivity index (χ1) is 9.17. The van der Waals surface area contributed by atoms with Gasteiger partial charge in [-0.2, -0.15) is 17.7 Å². The zero-order chi connectivity index (χ0) is 13.8. The third-order valence-corrected chi connectivity index (χ3v) is 4.76. The van der Waals surface area contributed by atoms with Crippen LogP contribution >= 0.6 is 39.9 Å². The van der Waals surface area contributed by atoms with Gasteiger partial charge in [0.15, 0.2) is 10.8 Å². The first-order valence-corrected chi connectivity index (χ1v) is 8.20. The molecule has 1 saturated heterocycles. The highest BCUT2D eigenvalue weighted by atomic mass is 79.9. The number of ether oxygens (including phenoxy) is 2. The largest absolute Gasteiger partial charge is 0.473 e. The van der Waals surface area contributed by atoms with E-state index in [0.29, 0.717) is 5.17 Å². The topological polar surface area (TPSA) is 77.2 Å². The van der Waals surface area contributed by atoms with Crippen LogP contribution in [0.25, 0.3) is 0 Å². The molecule has 2 aliphatic rings. The second kappa shape index (κ2) is 6.98. The summed E-state index contributed by atoms with van der Waals surface area (Å²) in [5, 5.41) is 9.06. The molecule has 3 N–H and O–H groups in total. The van der Waals surface area contributed by atoms with Gasteiger partial charge >= 0.3 is 0 Å². The zero-order valence-corrected chi connectivity index (χ0v) is 13.3. The smallest absolute Gasteiger partial charge is 0.260 e. The van der Waals surface area contributed by atoms with E-state index in [2.05, 4.69) is 15.9 Å². The van der Waals surface area contributed by atoms with Crippen molar-refractivity contribution in [1.29, 1.82) is 0 Å². The number of nitrogens with zero attached hydrogens (tertiary/aromatic N) is 1. The Morgan fingerprint density at radius 2 is 2.26 bits per heavy atom. The van der Waals surface area contributed by atoms with Gasteiger partial charge in [0.1, 0.15) is 6.61 Å². The van der Waals surface area contributed by atoms with Crippen molar-refractivity contribution < 1.29 is 19.4 Å². The Morgan fingerprint density at radius 1 is 1.58 bits per heavy atom. The van der Waals surface area contributed by atoms with Crippen molar-refractivity contribution in [3.63, 3.8) is 0 Å². The molecule has 1 unspecified atom stereocenters. The monoisotopic (exact) mass is 370 g/mol. The predicted molar refractivity (Wildman–Crippen MR) is 79.6 cm³/mol. The van der Waals surface area contributed by atoms with Gasteiger partial charge in [0, 0.05) is 24.6 Å². The van der Waals surface area contributed by atoms with Crippen molar-refractivity contribution >= 4 is 45.1 Å². The third kappa shape index (κ3) is 3.46. The highest BCUT2D eigenvalue weighted by Gasteiger charge is 2.40. The number of hydrogen-bond donors (Lipinski definition) is 2. The molecule has 0 aromatic rings. The van der Waals surface area contributed by atoms with Crippen LogP contribution in [0.15, 0.2) is 11.5 Å². The molecule has 0 aliphatic carbocycles. The normalized spacial score (nSPS) is 27.2. The Bertz CT molecular complexity index is 377. The van der Waals surface area contributed by atoms with Gasteiger partial charge in [-0.15, -0.1) is 0 Å². The van der Waals surface area contributed by atoms with Gasteiger partial charge in [0.2, 0.25) is 11.9 Å². The minimum absolute atomic E-state index is 0.256. The lowest BCUT2D eigenvalue weighted by Crippen LogP contribution is -2.41. The molecule has 0 aromatic carbocycles. The molecule has 9 heteroatoms. The van der Waals surface area contributed by atoms with Crippen LogP contribution in [0.2, 0.25) is 0 Å². The summed E-state index contributed by atoms with van der Waals surface area (Å²) in [5.74, 6) is 7.77. The zero-order valence-electron chi connectivity index (χ0n) is 10.1. The number of rotatable bonds is 3. The third-order valence-electron chi connectivity index (χ3n) is 2.79. The number of halogens is 1. The molecule has 19 heavy (non-hydrogen) atoms. The lowest BCUT2D eigenvalue weighted by atomic mass is 10.3. The van der Waals surface area contributed by atoms with Crippen LogP contribution in [0.4, 0.5) is 0 Å². The quantitative estimate of drug-likeness (QED) is 0.423. The molecule has 0 saturated carbocycles. The lowest BCUT2D eigenvalue weighted by Gasteiger charge is -2.30.